The van der Waals surface area contributed by atoms with Gasteiger partial charge in [-0.05, 0) is 24.7 Å². The van der Waals surface area contributed by atoms with Gasteiger partial charge in [0, 0.05) is 13.2 Å². The van der Waals surface area contributed by atoms with Crippen LogP contribution in [0.15, 0.2) is 35.4 Å². The van der Waals surface area contributed by atoms with Gasteiger partial charge in [-0.15, -0.1) is 0 Å². The lowest BCUT2D eigenvalue weighted by Crippen LogP contribution is -2.40. The molecule has 0 unspecified atom stereocenters. The number of rotatable bonds is 5. The van der Waals surface area contributed by atoms with Crippen LogP contribution in [0, 0.1) is 0 Å². The number of nitrogens with one attached hydrogen (secondary N) is 2. The first-order valence-corrected chi connectivity index (χ1v) is 5.76. The Morgan fingerprint density at radius 1 is 1.47 bits per heavy atom. The molecule has 5 heteroatoms. The zero-order valence-corrected chi connectivity index (χ0v) is 10.8. The fourth-order valence-electron chi connectivity index (χ4n) is 1.25. The standard InChI is InChI=1S/C12H17N3OS/c1-10(9-16-2)14-12(17)15-13-8-11-6-4-3-5-7-11/h3-8,10H,9H2,1-2H3,(H2,14,15,17)/b13-8-/t10-/m0/s1. The summed E-state index contributed by atoms with van der Waals surface area (Å²) in [7, 11) is 1.65. The minimum absolute atomic E-state index is 0.159. The van der Waals surface area contributed by atoms with Crippen molar-refractivity contribution in [3.05, 3.63) is 35.9 Å². The number of methoxy groups -OCH3 is 1. The average Bonchev–Trinajstić information content (AvgIpc) is 2.30. The maximum Gasteiger partial charge on any atom is 0.187 e. The fourth-order valence-corrected chi connectivity index (χ4v) is 1.51. The van der Waals surface area contributed by atoms with Crippen molar-refractivity contribution >= 4 is 23.5 Å². The zero-order valence-electron chi connectivity index (χ0n) is 10.0. The van der Waals surface area contributed by atoms with Gasteiger partial charge in [0.15, 0.2) is 5.11 Å². The highest BCUT2D eigenvalue weighted by molar-refractivity contribution is 7.80. The molecule has 1 rings (SSSR count). The molecule has 0 radical (unpaired) electrons. The highest BCUT2D eigenvalue weighted by Gasteiger charge is 2.01. The molecule has 0 amide bonds. The Balaban J connectivity index is 2.31. The predicted molar refractivity (Wildman–Crippen MR) is 74.2 cm³/mol. The van der Waals surface area contributed by atoms with Crippen molar-refractivity contribution in [3.8, 4) is 0 Å². The van der Waals surface area contributed by atoms with E-state index in [-0.39, 0.29) is 6.04 Å². The van der Waals surface area contributed by atoms with Gasteiger partial charge in [-0.3, -0.25) is 5.43 Å². The van der Waals surface area contributed by atoms with Crippen LogP contribution in [-0.4, -0.2) is 31.1 Å². The molecule has 0 bridgehead atoms. The Kier molecular flexibility index (Phi) is 6.21. The van der Waals surface area contributed by atoms with Gasteiger partial charge in [0.25, 0.3) is 0 Å². The molecule has 1 atom stereocenters. The molecule has 2 N–H and O–H groups in total. The van der Waals surface area contributed by atoms with E-state index in [4.69, 9.17) is 17.0 Å². The average molecular weight is 251 g/mol. The molecule has 4 nitrogen and oxygen atoms in total. The molecule has 92 valence electrons. The van der Waals surface area contributed by atoms with Crippen LogP contribution in [0.25, 0.3) is 0 Å². The van der Waals surface area contributed by atoms with Crippen LogP contribution < -0.4 is 10.7 Å². The number of hydrogen-bond acceptors (Lipinski definition) is 3. The van der Waals surface area contributed by atoms with E-state index in [0.717, 1.165) is 5.56 Å². The lowest BCUT2D eigenvalue weighted by Gasteiger charge is -2.13. The van der Waals surface area contributed by atoms with E-state index in [1.807, 2.05) is 37.3 Å². The number of thiocarbonyl (C=S) groups is 1. The monoisotopic (exact) mass is 251 g/mol. The van der Waals surface area contributed by atoms with Gasteiger partial charge in [0.1, 0.15) is 0 Å². The summed E-state index contributed by atoms with van der Waals surface area (Å²) >= 11 is 5.07. The minimum Gasteiger partial charge on any atom is -0.383 e. The van der Waals surface area contributed by atoms with Crippen molar-refractivity contribution in [3.63, 3.8) is 0 Å². The third kappa shape index (κ3) is 5.99. The zero-order chi connectivity index (χ0) is 12.5. The van der Waals surface area contributed by atoms with E-state index < -0.39 is 0 Å². The van der Waals surface area contributed by atoms with Gasteiger partial charge in [0.2, 0.25) is 0 Å². The van der Waals surface area contributed by atoms with Gasteiger partial charge < -0.3 is 10.1 Å². The van der Waals surface area contributed by atoms with Gasteiger partial charge in [0.05, 0.1) is 12.8 Å². The first kappa shape index (κ1) is 13.6. The van der Waals surface area contributed by atoms with Crippen LogP contribution in [-0.2, 0) is 4.74 Å². The number of hydrogen-bond donors (Lipinski definition) is 2. The third-order valence-corrected chi connectivity index (χ3v) is 2.18. The Hall–Kier alpha value is -1.46. The Bertz CT molecular complexity index is 367. The molecule has 0 aliphatic carbocycles. The summed E-state index contributed by atoms with van der Waals surface area (Å²) < 4.78 is 4.99. The third-order valence-electron chi connectivity index (χ3n) is 1.97. The normalized spacial score (nSPS) is 12.4. The van der Waals surface area contributed by atoms with Crippen molar-refractivity contribution < 1.29 is 4.74 Å². The summed E-state index contributed by atoms with van der Waals surface area (Å²) in [6, 6.07) is 9.97. The van der Waals surface area contributed by atoms with Crippen LogP contribution in [0.2, 0.25) is 0 Å². The van der Waals surface area contributed by atoms with Crippen LogP contribution in [0.1, 0.15) is 12.5 Å². The van der Waals surface area contributed by atoms with E-state index in [1.165, 1.54) is 0 Å². The Labute approximate surface area is 107 Å². The highest BCUT2D eigenvalue weighted by atomic mass is 32.1. The number of ether oxygens (including phenoxy) is 1. The van der Waals surface area contributed by atoms with Gasteiger partial charge in [-0.2, -0.15) is 5.10 Å². The number of hydrazone groups is 1. The van der Waals surface area contributed by atoms with Gasteiger partial charge in [-0.1, -0.05) is 30.3 Å². The molecular weight excluding hydrogens is 234 g/mol. The van der Waals surface area contributed by atoms with Crippen LogP contribution >= 0.6 is 12.2 Å². The van der Waals surface area contributed by atoms with E-state index >= 15 is 0 Å². The number of benzene rings is 1. The smallest absolute Gasteiger partial charge is 0.187 e. The van der Waals surface area contributed by atoms with Crippen LogP contribution in [0.4, 0.5) is 0 Å². The maximum atomic E-state index is 5.07. The van der Waals surface area contributed by atoms with E-state index in [2.05, 4.69) is 15.8 Å². The first-order chi connectivity index (χ1) is 8.22. The summed E-state index contributed by atoms with van der Waals surface area (Å²) in [4.78, 5) is 0. The summed E-state index contributed by atoms with van der Waals surface area (Å²) in [5, 5.41) is 7.57. The largest absolute Gasteiger partial charge is 0.383 e. The minimum atomic E-state index is 0.159. The van der Waals surface area contributed by atoms with Crippen LogP contribution in [0.3, 0.4) is 0 Å². The molecule has 0 saturated heterocycles. The quantitative estimate of drug-likeness (QED) is 0.473. The lowest BCUT2D eigenvalue weighted by molar-refractivity contribution is 0.179. The summed E-state index contributed by atoms with van der Waals surface area (Å²) in [5.41, 5.74) is 3.78. The lowest BCUT2D eigenvalue weighted by atomic mass is 10.2. The molecule has 0 fully saturated rings. The maximum absolute atomic E-state index is 5.07. The fraction of sp³-hybridized carbons (Fsp3) is 0.333. The second-order valence-corrected chi connectivity index (χ2v) is 4.02. The molecule has 1 aromatic rings. The molecular formula is C12H17N3OS. The van der Waals surface area contributed by atoms with Crippen molar-refractivity contribution in [2.75, 3.05) is 13.7 Å². The number of nitrogens with zero attached hydrogens (tertiary/aromatic N) is 1. The predicted octanol–water partition coefficient (Wildman–Crippen LogP) is 1.52. The summed E-state index contributed by atoms with van der Waals surface area (Å²) in [6.45, 7) is 2.59. The molecule has 17 heavy (non-hydrogen) atoms. The Morgan fingerprint density at radius 3 is 2.82 bits per heavy atom. The second kappa shape index (κ2) is 7.76. The van der Waals surface area contributed by atoms with Crippen LogP contribution in [0.5, 0.6) is 0 Å². The molecule has 0 heterocycles. The first-order valence-electron chi connectivity index (χ1n) is 5.36. The van der Waals surface area contributed by atoms with Crippen molar-refractivity contribution in [2.45, 2.75) is 13.0 Å². The molecule has 1 aromatic carbocycles. The van der Waals surface area contributed by atoms with Gasteiger partial charge in [-0.25, -0.2) is 0 Å². The topological polar surface area (TPSA) is 45.6 Å². The molecule has 0 spiro atoms. The van der Waals surface area contributed by atoms with Gasteiger partial charge >= 0.3 is 0 Å². The molecule has 0 aromatic heterocycles. The highest BCUT2D eigenvalue weighted by Crippen LogP contribution is 1.93. The summed E-state index contributed by atoms with van der Waals surface area (Å²) in [6.07, 6.45) is 1.72. The van der Waals surface area contributed by atoms with E-state index in [1.54, 1.807) is 13.3 Å². The van der Waals surface area contributed by atoms with E-state index in [9.17, 15) is 0 Å². The SMILES string of the molecule is COC[C@H](C)NC(=S)N/N=C\c1ccccc1. The van der Waals surface area contributed by atoms with Crippen molar-refractivity contribution in [1.82, 2.24) is 10.7 Å². The Morgan fingerprint density at radius 2 is 2.18 bits per heavy atom. The molecule has 0 aliphatic heterocycles. The van der Waals surface area contributed by atoms with E-state index in [0.29, 0.717) is 11.7 Å². The van der Waals surface area contributed by atoms with Crippen molar-refractivity contribution in [2.24, 2.45) is 5.10 Å². The second-order valence-electron chi connectivity index (χ2n) is 3.61. The van der Waals surface area contributed by atoms with Crippen molar-refractivity contribution in [1.29, 1.82) is 0 Å². The summed E-state index contributed by atoms with van der Waals surface area (Å²) in [5.74, 6) is 0. The molecule has 0 saturated carbocycles. The molecule has 0 aliphatic rings.